The summed E-state index contributed by atoms with van der Waals surface area (Å²) in [5.41, 5.74) is 9.66. The summed E-state index contributed by atoms with van der Waals surface area (Å²) in [4.78, 5) is 0. The third-order valence-corrected chi connectivity index (χ3v) is 3.46. The van der Waals surface area contributed by atoms with Crippen molar-refractivity contribution in [3.05, 3.63) is 46.8 Å². The van der Waals surface area contributed by atoms with Gasteiger partial charge in [0.1, 0.15) is 5.82 Å². The van der Waals surface area contributed by atoms with Gasteiger partial charge >= 0.3 is 0 Å². The van der Waals surface area contributed by atoms with E-state index in [1.807, 2.05) is 13.0 Å². The van der Waals surface area contributed by atoms with Crippen LogP contribution in [0.2, 0.25) is 0 Å². The van der Waals surface area contributed by atoms with Gasteiger partial charge in [-0.05, 0) is 55.9 Å². The largest absolute Gasteiger partial charge is 0.324 e. The van der Waals surface area contributed by atoms with Crippen LogP contribution in [0, 0.1) is 12.7 Å². The summed E-state index contributed by atoms with van der Waals surface area (Å²) in [7, 11) is 0. The fourth-order valence-corrected chi connectivity index (χ4v) is 2.45. The second-order valence-corrected chi connectivity index (χ2v) is 4.98. The van der Waals surface area contributed by atoms with Gasteiger partial charge in [0.25, 0.3) is 0 Å². The molecule has 2 N–H and O–H groups in total. The molecule has 0 heterocycles. The van der Waals surface area contributed by atoms with Gasteiger partial charge in [0.05, 0.1) is 0 Å². The minimum atomic E-state index is -0.155. The zero-order valence-corrected chi connectivity index (χ0v) is 10.4. The number of rotatable bonds is 2. The molecule has 1 unspecified atom stereocenters. The molecule has 0 saturated heterocycles. The molecule has 0 spiro atoms. The maximum absolute atomic E-state index is 13.0. The van der Waals surface area contributed by atoms with Gasteiger partial charge in [-0.2, -0.15) is 0 Å². The van der Waals surface area contributed by atoms with Crippen LogP contribution in [0.4, 0.5) is 4.39 Å². The second-order valence-electron chi connectivity index (χ2n) is 4.98. The highest BCUT2D eigenvalue weighted by molar-refractivity contribution is 5.31. The van der Waals surface area contributed by atoms with Crippen molar-refractivity contribution in [1.29, 1.82) is 0 Å². The van der Waals surface area contributed by atoms with Crippen molar-refractivity contribution in [1.82, 2.24) is 0 Å². The monoisotopic (exact) mass is 233 g/mol. The zero-order chi connectivity index (χ0) is 12.3. The smallest absolute Gasteiger partial charge is 0.123 e. The highest BCUT2D eigenvalue weighted by Gasteiger charge is 2.10. The lowest BCUT2D eigenvalue weighted by molar-refractivity contribution is 0.625. The Morgan fingerprint density at radius 3 is 2.94 bits per heavy atom. The highest BCUT2D eigenvalue weighted by Crippen LogP contribution is 2.22. The van der Waals surface area contributed by atoms with Gasteiger partial charge in [0, 0.05) is 6.04 Å². The molecule has 0 aliphatic heterocycles. The molecule has 0 aromatic heterocycles. The fourth-order valence-electron chi connectivity index (χ4n) is 2.45. The lowest BCUT2D eigenvalue weighted by Crippen LogP contribution is -2.16. The number of nitrogens with two attached hydrogens (primary N) is 1. The van der Waals surface area contributed by atoms with Crippen molar-refractivity contribution in [3.63, 3.8) is 0 Å². The Morgan fingerprint density at radius 2 is 2.18 bits per heavy atom. The van der Waals surface area contributed by atoms with Crippen molar-refractivity contribution in [2.75, 3.05) is 0 Å². The molecular formula is C15H20FN. The molecule has 1 aromatic carbocycles. The van der Waals surface area contributed by atoms with E-state index < -0.39 is 0 Å². The molecule has 2 rings (SSSR count). The lowest BCUT2D eigenvalue weighted by atomic mass is 9.97. The second kappa shape index (κ2) is 5.46. The van der Waals surface area contributed by atoms with Crippen LogP contribution in [0.5, 0.6) is 0 Å². The van der Waals surface area contributed by atoms with E-state index in [1.165, 1.54) is 24.0 Å². The van der Waals surface area contributed by atoms with E-state index in [4.69, 9.17) is 5.73 Å². The summed E-state index contributed by atoms with van der Waals surface area (Å²) in [5.74, 6) is -0.155. The van der Waals surface area contributed by atoms with Crippen LogP contribution in [-0.4, -0.2) is 6.04 Å². The third kappa shape index (κ3) is 3.40. The van der Waals surface area contributed by atoms with Gasteiger partial charge in [-0.25, -0.2) is 4.39 Å². The van der Waals surface area contributed by atoms with Crippen molar-refractivity contribution in [2.45, 2.75) is 45.1 Å². The molecule has 0 fully saturated rings. The zero-order valence-electron chi connectivity index (χ0n) is 10.4. The van der Waals surface area contributed by atoms with Crippen LogP contribution in [0.3, 0.4) is 0 Å². The molecule has 1 aliphatic rings. The van der Waals surface area contributed by atoms with Gasteiger partial charge in [-0.1, -0.05) is 24.1 Å². The molecule has 0 bridgehead atoms. The minimum absolute atomic E-state index is 0.155. The number of hydrogen-bond acceptors (Lipinski definition) is 1. The number of benzene rings is 1. The molecule has 0 amide bonds. The first-order chi connectivity index (χ1) is 8.15. The molecule has 1 aromatic rings. The Kier molecular flexibility index (Phi) is 3.95. The first-order valence-corrected chi connectivity index (χ1v) is 6.35. The summed E-state index contributed by atoms with van der Waals surface area (Å²) in [6, 6.07) is 5.24. The van der Waals surface area contributed by atoms with Crippen LogP contribution in [0.15, 0.2) is 29.8 Å². The number of allylic oxidation sites excluding steroid dienone is 1. The first kappa shape index (κ1) is 12.3. The van der Waals surface area contributed by atoms with Crippen molar-refractivity contribution < 1.29 is 4.39 Å². The van der Waals surface area contributed by atoms with E-state index in [0.29, 0.717) is 0 Å². The molecule has 92 valence electrons. The van der Waals surface area contributed by atoms with E-state index in [0.717, 1.165) is 24.8 Å². The summed E-state index contributed by atoms with van der Waals surface area (Å²) in [6.07, 6.45) is 7.77. The van der Waals surface area contributed by atoms with E-state index in [-0.39, 0.29) is 11.9 Å². The van der Waals surface area contributed by atoms with Crippen molar-refractivity contribution in [2.24, 2.45) is 5.73 Å². The first-order valence-electron chi connectivity index (χ1n) is 6.35. The average Bonchev–Trinajstić information content (AvgIpc) is 2.47. The lowest BCUT2D eigenvalue weighted by Gasteiger charge is -2.09. The summed E-state index contributed by atoms with van der Waals surface area (Å²) >= 11 is 0. The Morgan fingerprint density at radius 1 is 1.35 bits per heavy atom. The van der Waals surface area contributed by atoms with E-state index in [1.54, 1.807) is 12.1 Å². The van der Waals surface area contributed by atoms with Crippen LogP contribution < -0.4 is 5.73 Å². The predicted octanol–water partition coefficient (Wildman–Crippen LogP) is 3.50. The fraction of sp³-hybridized carbons (Fsp3) is 0.467. The minimum Gasteiger partial charge on any atom is -0.324 e. The maximum atomic E-state index is 13.0. The van der Waals surface area contributed by atoms with Gasteiger partial charge in [0.15, 0.2) is 0 Å². The van der Waals surface area contributed by atoms with Gasteiger partial charge in [0.2, 0.25) is 0 Å². The van der Waals surface area contributed by atoms with Crippen LogP contribution >= 0.6 is 0 Å². The van der Waals surface area contributed by atoms with Crippen molar-refractivity contribution >= 4 is 0 Å². The predicted molar refractivity (Wildman–Crippen MR) is 69.4 cm³/mol. The molecule has 0 saturated carbocycles. The molecular weight excluding hydrogens is 213 g/mol. The van der Waals surface area contributed by atoms with Crippen LogP contribution in [-0.2, 0) is 6.42 Å². The van der Waals surface area contributed by atoms with Crippen LogP contribution in [0.1, 0.15) is 36.8 Å². The number of halogens is 1. The normalized spacial score (nSPS) is 20.9. The molecule has 0 radical (unpaired) electrons. The van der Waals surface area contributed by atoms with Gasteiger partial charge in [-0.15, -0.1) is 0 Å². The quantitative estimate of drug-likeness (QED) is 0.777. The number of hydrogen-bond donors (Lipinski definition) is 1. The average molecular weight is 233 g/mol. The van der Waals surface area contributed by atoms with E-state index >= 15 is 0 Å². The summed E-state index contributed by atoms with van der Waals surface area (Å²) < 4.78 is 13.0. The number of aryl methyl sites for hydroxylation is 1. The Bertz CT molecular complexity index is 423. The van der Waals surface area contributed by atoms with E-state index in [2.05, 4.69) is 6.08 Å². The maximum Gasteiger partial charge on any atom is 0.123 e. The topological polar surface area (TPSA) is 26.0 Å². The standard InChI is InChI=1S/C15H20FN/c1-11-8-14(16)7-6-13(11)9-12-4-2-3-5-15(17)10-12/h6-8,10,15H,2-5,9,17H2,1H3. The van der Waals surface area contributed by atoms with Gasteiger partial charge < -0.3 is 5.73 Å². The van der Waals surface area contributed by atoms with Crippen molar-refractivity contribution in [3.8, 4) is 0 Å². The summed E-state index contributed by atoms with van der Waals surface area (Å²) in [5, 5.41) is 0. The highest BCUT2D eigenvalue weighted by atomic mass is 19.1. The molecule has 2 heteroatoms. The molecule has 1 nitrogen and oxygen atoms in total. The van der Waals surface area contributed by atoms with Gasteiger partial charge in [-0.3, -0.25) is 0 Å². The SMILES string of the molecule is Cc1cc(F)ccc1CC1=CC(N)CCCC1. The Labute approximate surface area is 103 Å². The Balaban J connectivity index is 2.14. The Hall–Kier alpha value is -1.15. The molecule has 1 atom stereocenters. The molecule has 17 heavy (non-hydrogen) atoms. The third-order valence-electron chi connectivity index (χ3n) is 3.46. The summed E-state index contributed by atoms with van der Waals surface area (Å²) in [6.45, 7) is 1.97. The van der Waals surface area contributed by atoms with Crippen LogP contribution in [0.25, 0.3) is 0 Å². The molecule has 1 aliphatic carbocycles. The van der Waals surface area contributed by atoms with E-state index in [9.17, 15) is 4.39 Å².